The van der Waals surface area contributed by atoms with E-state index >= 15 is 0 Å². The molecule has 0 fully saturated rings. The van der Waals surface area contributed by atoms with Crippen LogP contribution in [0, 0.1) is 6.92 Å². The molecule has 0 aliphatic carbocycles. The third kappa shape index (κ3) is 1.30. The SMILES string of the molecule is Cc1ccc2c(c1)Cc1cccnc1N2C. The van der Waals surface area contributed by atoms with Crippen molar-refractivity contribution in [3.8, 4) is 0 Å². The standard InChI is InChI=1S/C14H14N2/c1-10-5-6-13-12(8-10)9-11-4-3-7-15-14(11)16(13)2/h3-8H,9H2,1-2H3. The highest BCUT2D eigenvalue weighted by Crippen LogP contribution is 2.35. The summed E-state index contributed by atoms with van der Waals surface area (Å²) in [5.41, 5.74) is 5.29. The Morgan fingerprint density at radius 1 is 1.19 bits per heavy atom. The molecular formula is C14H14N2. The summed E-state index contributed by atoms with van der Waals surface area (Å²) in [4.78, 5) is 6.62. The topological polar surface area (TPSA) is 16.1 Å². The van der Waals surface area contributed by atoms with E-state index in [4.69, 9.17) is 0 Å². The van der Waals surface area contributed by atoms with Crippen molar-refractivity contribution in [3.05, 3.63) is 53.2 Å². The van der Waals surface area contributed by atoms with Gasteiger partial charge < -0.3 is 4.90 Å². The number of benzene rings is 1. The quantitative estimate of drug-likeness (QED) is 0.664. The van der Waals surface area contributed by atoms with Crippen molar-refractivity contribution < 1.29 is 0 Å². The number of fused-ring (bicyclic) bond motifs is 2. The van der Waals surface area contributed by atoms with Crippen LogP contribution in [0.5, 0.6) is 0 Å². The van der Waals surface area contributed by atoms with E-state index in [1.807, 2.05) is 12.3 Å². The fraction of sp³-hybridized carbons (Fsp3) is 0.214. The van der Waals surface area contributed by atoms with E-state index in [-0.39, 0.29) is 0 Å². The molecule has 1 aromatic heterocycles. The van der Waals surface area contributed by atoms with Gasteiger partial charge in [-0.3, -0.25) is 0 Å². The van der Waals surface area contributed by atoms with Gasteiger partial charge in [0, 0.05) is 25.4 Å². The minimum Gasteiger partial charge on any atom is -0.329 e. The Hall–Kier alpha value is -1.83. The molecule has 0 unspecified atom stereocenters. The first-order valence-corrected chi connectivity index (χ1v) is 5.53. The first-order chi connectivity index (χ1) is 7.75. The van der Waals surface area contributed by atoms with Gasteiger partial charge in [-0.2, -0.15) is 0 Å². The number of hydrogen-bond acceptors (Lipinski definition) is 2. The molecule has 0 atom stereocenters. The lowest BCUT2D eigenvalue weighted by molar-refractivity contribution is 1.00. The maximum absolute atomic E-state index is 4.45. The van der Waals surface area contributed by atoms with Crippen LogP contribution in [0.25, 0.3) is 0 Å². The van der Waals surface area contributed by atoms with E-state index in [0.29, 0.717) is 0 Å². The van der Waals surface area contributed by atoms with Crippen LogP contribution in [0.2, 0.25) is 0 Å². The minimum atomic E-state index is 0.991. The molecule has 16 heavy (non-hydrogen) atoms. The maximum Gasteiger partial charge on any atom is 0.136 e. The molecule has 2 nitrogen and oxygen atoms in total. The molecule has 0 saturated carbocycles. The van der Waals surface area contributed by atoms with Crippen LogP contribution < -0.4 is 4.90 Å². The summed E-state index contributed by atoms with van der Waals surface area (Å²) in [5, 5.41) is 0. The summed E-state index contributed by atoms with van der Waals surface area (Å²) in [7, 11) is 2.08. The smallest absolute Gasteiger partial charge is 0.136 e. The van der Waals surface area contributed by atoms with Gasteiger partial charge in [-0.1, -0.05) is 23.8 Å². The molecule has 0 radical (unpaired) electrons. The number of rotatable bonds is 0. The van der Waals surface area contributed by atoms with Crippen LogP contribution in [0.1, 0.15) is 16.7 Å². The van der Waals surface area contributed by atoms with Gasteiger partial charge in [0.1, 0.15) is 5.82 Å². The van der Waals surface area contributed by atoms with E-state index in [9.17, 15) is 0 Å². The summed E-state index contributed by atoms with van der Waals surface area (Å²) >= 11 is 0. The van der Waals surface area contributed by atoms with Crippen molar-refractivity contribution in [2.75, 3.05) is 11.9 Å². The molecule has 0 spiro atoms. The van der Waals surface area contributed by atoms with Crippen LogP contribution in [-0.2, 0) is 6.42 Å². The van der Waals surface area contributed by atoms with Gasteiger partial charge in [-0.05, 0) is 30.2 Å². The average Bonchev–Trinajstić information content (AvgIpc) is 2.29. The number of pyridine rings is 1. The largest absolute Gasteiger partial charge is 0.329 e. The van der Waals surface area contributed by atoms with Crippen LogP contribution in [0.4, 0.5) is 11.5 Å². The van der Waals surface area contributed by atoms with Crippen molar-refractivity contribution in [1.82, 2.24) is 4.98 Å². The minimum absolute atomic E-state index is 0.991. The molecule has 2 aromatic rings. The average molecular weight is 210 g/mol. The van der Waals surface area contributed by atoms with E-state index in [1.54, 1.807) is 0 Å². The van der Waals surface area contributed by atoms with Gasteiger partial charge in [0.25, 0.3) is 0 Å². The Morgan fingerprint density at radius 2 is 2.06 bits per heavy atom. The number of nitrogens with zero attached hydrogens (tertiary/aromatic N) is 2. The van der Waals surface area contributed by atoms with E-state index in [2.05, 4.69) is 48.1 Å². The number of aryl methyl sites for hydroxylation is 1. The van der Waals surface area contributed by atoms with Gasteiger partial charge in [-0.15, -0.1) is 0 Å². The van der Waals surface area contributed by atoms with Gasteiger partial charge in [0.05, 0.1) is 0 Å². The lowest BCUT2D eigenvalue weighted by atomic mass is 9.97. The summed E-state index contributed by atoms with van der Waals surface area (Å²) in [6.07, 6.45) is 2.85. The predicted molar refractivity (Wildman–Crippen MR) is 66.3 cm³/mol. The monoisotopic (exact) mass is 210 g/mol. The zero-order chi connectivity index (χ0) is 11.1. The lowest BCUT2D eigenvalue weighted by Crippen LogP contribution is -2.19. The fourth-order valence-corrected chi connectivity index (χ4v) is 2.37. The van der Waals surface area contributed by atoms with E-state index in [0.717, 1.165) is 12.2 Å². The Balaban J connectivity index is 2.18. The lowest BCUT2D eigenvalue weighted by Gasteiger charge is -2.28. The second kappa shape index (κ2) is 3.34. The van der Waals surface area contributed by atoms with Crippen molar-refractivity contribution >= 4 is 11.5 Å². The molecule has 80 valence electrons. The predicted octanol–water partition coefficient (Wildman–Crippen LogP) is 3.06. The van der Waals surface area contributed by atoms with Crippen LogP contribution in [-0.4, -0.2) is 12.0 Å². The Labute approximate surface area is 95.6 Å². The highest BCUT2D eigenvalue weighted by Gasteiger charge is 2.19. The van der Waals surface area contributed by atoms with Crippen molar-refractivity contribution in [2.45, 2.75) is 13.3 Å². The van der Waals surface area contributed by atoms with Gasteiger partial charge in [0.2, 0.25) is 0 Å². The number of anilines is 2. The molecule has 0 bridgehead atoms. The molecule has 1 aliphatic heterocycles. The third-order valence-electron chi connectivity index (χ3n) is 3.16. The zero-order valence-corrected chi connectivity index (χ0v) is 9.57. The van der Waals surface area contributed by atoms with Crippen molar-refractivity contribution in [2.24, 2.45) is 0 Å². The highest BCUT2D eigenvalue weighted by molar-refractivity contribution is 5.71. The Kier molecular flexibility index (Phi) is 1.96. The molecule has 2 heterocycles. The van der Waals surface area contributed by atoms with E-state index < -0.39 is 0 Å². The van der Waals surface area contributed by atoms with Crippen LogP contribution >= 0.6 is 0 Å². The molecule has 1 aromatic carbocycles. The van der Waals surface area contributed by atoms with Crippen molar-refractivity contribution in [1.29, 1.82) is 0 Å². The normalized spacial score (nSPS) is 13.2. The molecule has 2 heteroatoms. The molecule has 1 aliphatic rings. The Morgan fingerprint density at radius 3 is 2.94 bits per heavy atom. The van der Waals surface area contributed by atoms with Gasteiger partial charge in [-0.25, -0.2) is 4.98 Å². The second-order valence-electron chi connectivity index (χ2n) is 4.35. The molecule has 0 N–H and O–H groups in total. The summed E-state index contributed by atoms with van der Waals surface area (Å²) in [6, 6.07) is 10.8. The van der Waals surface area contributed by atoms with Crippen LogP contribution in [0.3, 0.4) is 0 Å². The van der Waals surface area contributed by atoms with Gasteiger partial charge in [0.15, 0.2) is 0 Å². The fourth-order valence-electron chi connectivity index (χ4n) is 2.37. The first kappa shape index (κ1) is 9.40. The summed E-state index contributed by atoms with van der Waals surface area (Å²) in [6.45, 7) is 2.14. The molecule has 3 rings (SSSR count). The molecular weight excluding hydrogens is 196 g/mol. The van der Waals surface area contributed by atoms with Crippen LogP contribution in [0.15, 0.2) is 36.5 Å². The van der Waals surface area contributed by atoms with Gasteiger partial charge >= 0.3 is 0 Å². The Bertz CT molecular complexity index is 546. The number of aromatic nitrogens is 1. The van der Waals surface area contributed by atoms with Crippen molar-refractivity contribution in [3.63, 3.8) is 0 Å². The second-order valence-corrected chi connectivity index (χ2v) is 4.35. The first-order valence-electron chi connectivity index (χ1n) is 5.53. The highest BCUT2D eigenvalue weighted by atomic mass is 15.2. The zero-order valence-electron chi connectivity index (χ0n) is 9.57. The summed E-state index contributed by atoms with van der Waals surface area (Å²) in [5.74, 6) is 1.08. The molecule has 0 amide bonds. The third-order valence-corrected chi connectivity index (χ3v) is 3.16. The maximum atomic E-state index is 4.45. The summed E-state index contributed by atoms with van der Waals surface area (Å²) < 4.78 is 0. The number of hydrogen-bond donors (Lipinski definition) is 0. The molecule has 0 saturated heterocycles. The van der Waals surface area contributed by atoms with E-state index in [1.165, 1.54) is 22.4 Å².